The van der Waals surface area contributed by atoms with E-state index < -0.39 is 34.9 Å². The first-order valence-corrected chi connectivity index (χ1v) is 12.1. The number of halogens is 6. The van der Waals surface area contributed by atoms with Crippen LogP contribution in [0.1, 0.15) is 69.2 Å². The van der Waals surface area contributed by atoms with Gasteiger partial charge in [0.2, 0.25) is 11.9 Å². The average Bonchev–Trinajstić information content (AvgIpc) is 3.33. The second kappa shape index (κ2) is 9.36. The minimum atomic E-state index is -4.94. The van der Waals surface area contributed by atoms with E-state index in [1.54, 1.807) is 7.05 Å². The largest absolute Gasteiger partial charge is 0.416 e. The molecular formula is C25H29F6N5O. The lowest BCUT2D eigenvalue weighted by atomic mass is 9.91. The molecule has 6 nitrogen and oxygen atoms in total. The van der Waals surface area contributed by atoms with Gasteiger partial charge in [0.15, 0.2) is 5.82 Å². The van der Waals surface area contributed by atoms with E-state index in [-0.39, 0.29) is 29.5 Å². The summed E-state index contributed by atoms with van der Waals surface area (Å²) in [6.07, 6.45) is -4.46. The molecule has 2 aromatic rings. The van der Waals surface area contributed by atoms with E-state index in [1.807, 2.05) is 13.8 Å². The highest BCUT2D eigenvalue weighted by Crippen LogP contribution is 2.41. The van der Waals surface area contributed by atoms with Crippen molar-refractivity contribution >= 4 is 23.4 Å². The van der Waals surface area contributed by atoms with Crippen LogP contribution in [-0.4, -0.2) is 35.5 Å². The Labute approximate surface area is 211 Å². The molecule has 1 aromatic carbocycles. The fraction of sp³-hybridized carbons (Fsp3) is 0.560. The van der Waals surface area contributed by atoms with Crippen LogP contribution in [0, 0.1) is 5.41 Å². The Kier molecular flexibility index (Phi) is 6.83. The second-order valence-corrected chi connectivity index (χ2v) is 10.4. The molecule has 4 rings (SSSR count). The molecule has 1 amide bonds. The molecule has 1 aliphatic heterocycles. The summed E-state index contributed by atoms with van der Waals surface area (Å²) in [5.41, 5.74) is -3.18. The highest BCUT2D eigenvalue weighted by atomic mass is 19.4. The minimum Gasteiger partial charge on any atom is -0.351 e. The number of fused-ring (bicyclic) bond motifs is 1. The van der Waals surface area contributed by atoms with Crippen LogP contribution in [0.5, 0.6) is 0 Å². The highest BCUT2D eigenvalue weighted by molar-refractivity contribution is 6.00. The Morgan fingerprint density at radius 2 is 1.59 bits per heavy atom. The minimum absolute atomic E-state index is 0.0424. The number of amides is 1. The fourth-order valence-corrected chi connectivity index (χ4v) is 5.04. The Morgan fingerprint density at radius 1 is 1.03 bits per heavy atom. The number of hydrogen-bond acceptors (Lipinski definition) is 5. The van der Waals surface area contributed by atoms with E-state index in [0.717, 1.165) is 25.7 Å². The smallest absolute Gasteiger partial charge is 0.351 e. The number of aromatic nitrogens is 2. The number of alkyl halides is 6. The molecule has 2 aliphatic rings. The molecule has 1 atom stereocenters. The van der Waals surface area contributed by atoms with Gasteiger partial charge < -0.3 is 15.1 Å². The normalized spacial score (nSPS) is 19.6. The van der Waals surface area contributed by atoms with Crippen LogP contribution in [0.4, 0.5) is 43.8 Å². The van der Waals surface area contributed by atoms with Crippen molar-refractivity contribution in [2.24, 2.45) is 5.41 Å². The summed E-state index contributed by atoms with van der Waals surface area (Å²) in [4.78, 5) is 25.6. The van der Waals surface area contributed by atoms with Gasteiger partial charge in [-0.3, -0.25) is 4.79 Å². The fourth-order valence-electron chi connectivity index (χ4n) is 5.04. The van der Waals surface area contributed by atoms with Gasteiger partial charge in [-0.15, -0.1) is 0 Å². The summed E-state index contributed by atoms with van der Waals surface area (Å²) < 4.78 is 80.0. The highest BCUT2D eigenvalue weighted by Gasteiger charge is 2.42. The van der Waals surface area contributed by atoms with E-state index in [9.17, 15) is 31.1 Å². The molecule has 1 fully saturated rings. The molecule has 0 saturated heterocycles. The van der Waals surface area contributed by atoms with Crippen LogP contribution in [-0.2, 0) is 17.1 Å². The van der Waals surface area contributed by atoms with Gasteiger partial charge in [-0.05, 0) is 57.4 Å². The van der Waals surface area contributed by atoms with Crippen LogP contribution in [0.2, 0.25) is 0 Å². The van der Waals surface area contributed by atoms with Gasteiger partial charge >= 0.3 is 12.4 Å². The van der Waals surface area contributed by atoms with Gasteiger partial charge in [0.25, 0.3) is 0 Å². The third-order valence-electron chi connectivity index (χ3n) is 7.05. The molecule has 1 aliphatic carbocycles. The average molecular weight is 530 g/mol. The number of rotatable bonds is 4. The zero-order valence-corrected chi connectivity index (χ0v) is 21.0. The van der Waals surface area contributed by atoms with Crippen LogP contribution < -0.4 is 15.1 Å². The van der Waals surface area contributed by atoms with Crippen molar-refractivity contribution in [1.29, 1.82) is 0 Å². The maximum absolute atomic E-state index is 13.3. The van der Waals surface area contributed by atoms with Gasteiger partial charge in [-0.1, -0.05) is 12.8 Å². The molecular weight excluding hydrogens is 500 g/mol. The van der Waals surface area contributed by atoms with E-state index in [1.165, 1.54) is 18.0 Å². The predicted octanol–water partition coefficient (Wildman–Crippen LogP) is 6.44. The summed E-state index contributed by atoms with van der Waals surface area (Å²) in [6.45, 7) is 5.58. The number of anilines is 3. The number of hydrogen-bond donors (Lipinski definition) is 1. The zero-order chi connectivity index (χ0) is 27.3. The number of carbonyl (C=O) groups is 1. The summed E-state index contributed by atoms with van der Waals surface area (Å²) in [5, 5.41) is 2.86. The molecule has 1 aromatic heterocycles. The summed E-state index contributed by atoms with van der Waals surface area (Å²) in [6, 6.07) is 0.674. The van der Waals surface area contributed by atoms with Gasteiger partial charge in [0.1, 0.15) is 5.69 Å². The molecule has 1 unspecified atom stereocenters. The van der Waals surface area contributed by atoms with Crippen molar-refractivity contribution in [3.8, 4) is 0 Å². The molecule has 0 spiro atoms. The monoisotopic (exact) mass is 529 g/mol. The quantitative estimate of drug-likeness (QED) is 0.462. The summed E-state index contributed by atoms with van der Waals surface area (Å²) in [7, 11) is 1.64. The van der Waals surface area contributed by atoms with Crippen LogP contribution in [0.15, 0.2) is 24.4 Å². The molecule has 0 bridgehead atoms. The van der Waals surface area contributed by atoms with Crippen molar-refractivity contribution < 1.29 is 31.1 Å². The SMILES string of the molecule is CC(Nc1ncc2c(n1)N(C1CCCC1)CC(C)(C)C(=O)N2C)c1cc(C(F)(F)F)cc(C(F)(F)F)c1. The van der Waals surface area contributed by atoms with Crippen LogP contribution in [0.25, 0.3) is 0 Å². The van der Waals surface area contributed by atoms with Gasteiger partial charge in [-0.25, -0.2) is 4.98 Å². The standard InChI is InChI=1S/C25H29F6N5O/c1-14(15-9-16(24(26,27)28)11-17(10-15)25(29,30)31)33-22-32-12-19-20(34-22)36(18-7-5-6-8-18)13-23(2,3)21(37)35(19)4/h9-12,14,18H,5-8,13H2,1-4H3,(H,32,33,34). The number of nitrogens with zero attached hydrogens (tertiary/aromatic N) is 4. The lowest BCUT2D eigenvalue weighted by molar-refractivity contribution is -0.143. The van der Waals surface area contributed by atoms with Gasteiger partial charge in [-0.2, -0.15) is 31.3 Å². The summed E-state index contributed by atoms with van der Waals surface area (Å²) in [5.74, 6) is 0.453. The van der Waals surface area contributed by atoms with Gasteiger partial charge in [0.05, 0.1) is 28.8 Å². The van der Waals surface area contributed by atoms with Crippen molar-refractivity contribution in [3.05, 3.63) is 41.1 Å². The molecule has 1 N–H and O–H groups in total. The van der Waals surface area contributed by atoms with Crippen molar-refractivity contribution in [2.45, 2.75) is 70.9 Å². The van der Waals surface area contributed by atoms with E-state index in [4.69, 9.17) is 0 Å². The van der Waals surface area contributed by atoms with Crippen LogP contribution >= 0.6 is 0 Å². The maximum Gasteiger partial charge on any atom is 0.416 e. The topological polar surface area (TPSA) is 61.4 Å². The van der Waals surface area contributed by atoms with E-state index in [2.05, 4.69) is 20.2 Å². The maximum atomic E-state index is 13.3. The molecule has 202 valence electrons. The lowest BCUT2D eigenvalue weighted by Crippen LogP contribution is -2.45. The Morgan fingerprint density at radius 3 is 2.14 bits per heavy atom. The van der Waals surface area contributed by atoms with Crippen molar-refractivity contribution in [3.63, 3.8) is 0 Å². The third-order valence-corrected chi connectivity index (χ3v) is 7.05. The molecule has 1 saturated carbocycles. The first kappa shape index (κ1) is 27.0. The first-order valence-electron chi connectivity index (χ1n) is 12.1. The Hall–Kier alpha value is -3.05. The molecule has 37 heavy (non-hydrogen) atoms. The van der Waals surface area contributed by atoms with Crippen molar-refractivity contribution in [1.82, 2.24) is 9.97 Å². The first-order chi connectivity index (χ1) is 17.1. The second-order valence-electron chi connectivity index (χ2n) is 10.4. The number of carbonyl (C=O) groups excluding carboxylic acids is 1. The molecule has 12 heteroatoms. The third kappa shape index (κ3) is 5.47. The Balaban J connectivity index is 1.71. The predicted molar refractivity (Wildman–Crippen MR) is 127 cm³/mol. The van der Waals surface area contributed by atoms with Gasteiger partial charge in [0, 0.05) is 19.6 Å². The Bertz CT molecular complexity index is 1140. The van der Waals surface area contributed by atoms with Crippen molar-refractivity contribution in [2.75, 3.05) is 28.7 Å². The molecule has 2 heterocycles. The lowest BCUT2D eigenvalue weighted by Gasteiger charge is -2.34. The number of benzene rings is 1. The zero-order valence-electron chi connectivity index (χ0n) is 21.0. The van der Waals surface area contributed by atoms with Crippen LogP contribution in [0.3, 0.4) is 0 Å². The summed E-state index contributed by atoms with van der Waals surface area (Å²) >= 11 is 0. The van der Waals surface area contributed by atoms with E-state index >= 15 is 0 Å². The van der Waals surface area contributed by atoms with E-state index in [0.29, 0.717) is 30.2 Å². The number of nitrogens with one attached hydrogen (secondary N) is 1. The molecule has 0 radical (unpaired) electrons.